The van der Waals surface area contributed by atoms with Gasteiger partial charge in [0.15, 0.2) is 0 Å². The van der Waals surface area contributed by atoms with Crippen molar-refractivity contribution in [2.75, 3.05) is 37.0 Å². The van der Waals surface area contributed by atoms with Gasteiger partial charge >= 0.3 is 0 Å². The number of anilines is 2. The number of fused-ring (bicyclic) bond motifs is 4. The third kappa shape index (κ3) is 3.01. The average molecular weight is 410 g/mol. The highest BCUT2D eigenvalue weighted by Gasteiger charge is 2.50. The fraction of sp³-hybridized carbons (Fsp3) is 0.458. The van der Waals surface area contributed by atoms with E-state index in [-0.39, 0.29) is 17.3 Å². The molecule has 3 aliphatic rings. The van der Waals surface area contributed by atoms with Gasteiger partial charge in [-0.1, -0.05) is 6.07 Å². The van der Waals surface area contributed by atoms with Crippen molar-refractivity contribution in [1.29, 1.82) is 0 Å². The maximum Gasteiger partial charge on any atom is 0.253 e. The van der Waals surface area contributed by atoms with Crippen molar-refractivity contribution in [1.82, 2.24) is 4.90 Å². The Morgan fingerprint density at radius 2 is 1.97 bits per heavy atom. The summed E-state index contributed by atoms with van der Waals surface area (Å²) < 4.78 is 19.4. The first-order chi connectivity index (χ1) is 14.5. The normalized spacial score (nSPS) is 21.8. The Balaban J connectivity index is 1.37. The highest BCUT2D eigenvalue weighted by molar-refractivity contribution is 5.94. The quantitative estimate of drug-likeness (QED) is 0.807. The molecule has 5 nitrogen and oxygen atoms in total. The first-order valence-corrected chi connectivity index (χ1v) is 10.8. The number of rotatable bonds is 2. The van der Waals surface area contributed by atoms with Crippen LogP contribution in [0.3, 0.4) is 0 Å². The lowest BCUT2D eigenvalue weighted by molar-refractivity contribution is 0.0665. The number of ether oxygens (including phenoxy) is 1. The Hall–Kier alpha value is -2.76. The number of hydrogen-bond acceptors (Lipinski definition) is 4. The smallest absolute Gasteiger partial charge is 0.253 e. The van der Waals surface area contributed by atoms with Crippen LogP contribution in [0.1, 0.15) is 41.6 Å². The Morgan fingerprint density at radius 3 is 2.70 bits per heavy atom. The second-order valence-corrected chi connectivity index (χ2v) is 8.77. The van der Waals surface area contributed by atoms with Crippen molar-refractivity contribution in [2.45, 2.75) is 44.2 Å². The minimum absolute atomic E-state index is 0.0504. The van der Waals surface area contributed by atoms with Crippen molar-refractivity contribution >= 4 is 17.3 Å². The molecule has 5 rings (SSSR count). The summed E-state index contributed by atoms with van der Waals surface area (Å²) in [5, 5.41) is 3.85. The Bertz CT molecular complexity index is 984. The number of halogens is 1. The molecule has 0 aliphatic carbocycles. The fourth-order valence-corrected chi connectivity index (χ4v) is 5.45. The second-order valence-electron chi connectivity index (χ2n) is 8.77. The molecule has 1 atom stereocenters. The Kier molecular flexibility index (Phi) is 4.60. The topological polar surface area (TPSA) is 44.8 Å². The van der Waals surface area contributed by atoms with E-state index in [0.29, 0.717) is 30.3 Å². The number of nitrogens with zero attached hydrogens (tertiary/aromatic N) is 2. The van der Waals surface area contributed by atoms with Crippen LogP contribution in [0, 0.1) is 12.7 Å². The Morgan fingerprint density at radius 1 is 1.17 bits per heavy atom. The van der Waals surface area contributed by atoms with Crippen LogP contribution < -0.4 is 15.0 Å². The molecule has 0 saturated carbocycles. The highest BCUT2D eigenvalue weighted by atomic mass is 19.1. The number of methoxy groups -OCH3 is 1. The summed E-state index contributed by atoms with van der Waals surface area (Å²) in [5.74, 6) is 0.448. The first-order valence-electron chi connectivity index (χ1n) is 10.8. The van der Waals surface area contributed by atoms with Gasteiger partial charge in [-0.15, -0.1) is 0 Å². The van der Waals surface area contributed by atoms with Crippen molar-refractivity contribution in [2.24, 2.45) is 0 Å². The van der Waals surface area contributed by atoms with E-state index in [9.17, 15) is 9.18 Å². The van der Waals surface area contributed by atoms with Crippen LogP contribution in [0.15, 0.2) is 36.4 Å². The molecule has 1 N–H and O–H groups in total. The van der Waals surface area contributed by atoms with Crippen molar-refractivity contribution in [3.05, 3.63) is 53.3 Å². The molecule has 2 saturated heterocycles. The molecule has 2 fully saturated rings. The van der Waals surface area contributed by atoms with Crippen LogP contribution in [0.4, 0.5) is 15.8 Å². The van der Waals surface area contributed by atoms with E-state index in [1.54, 1.807) is 26.2 Å². The minimum atomic E-state index is -0.324. The molecule has 158 valence electrons. The maximum atomic E-state index is 13.9. The van der Waals surface area contributed by atoms with E-state index in [1.807, 2.05) is 11.0 Å². The van der Waals surface area contributed by atoms with Gasteiger partial charge < -0.3 is 19.9 Å². The van der Waals surface area contributed by atoms with Crippen LogP contribution in [-0.4, -0.2) is 49.1 Å². The summed E-state index contributed by atoms with van der Waals surface area (Å²) in [5.41, 5.74) is 3.31. The zero-order valence-electron chi connectivity index (χ0n) is 17.6. The molecule has 0 aromatic heterocycles. The molecule has 2 aromatic rings. The van der Waals surface area contributed by atoms with Crippen molar-refractivity contribution in [3.63, 3.8) is 0 Å². The summed E-state index contributed by atoms with van der Waals surface area (Å²) >= 11 is 0. The van der Waals surface area contributed by atoms with E-state index < -0.39 is 0 Å². The summed E-state index contributed by atoms with van der Waals surface area (Å²) in [6, 6.07) is 11.5. The molecular weight excluding hydrogens is 381 g/mol. The summed E-state index contributed by atoms with van der Waals surface area (Å²) in [4.78, 5) is 17.4. The van der Waals surface area contributed by atoms with Crippen LogP contribution >= 0.6 is 0 Å². The van der Waals surface area contributed by atoms with Crippen molar-refractivity contribution < 1.29 is 13.9 Å². The molecule has 2 aromatic carbocycles. The van der Waals surface area contributed by atoms with Gasteiger partial charge in [0.1, 0.15) is 11.6 Å². The number of aryl methyl sites for hydroxylation is 1. The average Bonchev–Trinajstić information content (AvgIpc) is 3.27. The van der Waals surface area contributed by atoms with Gasteiger partial charge in [0.25, 0.3) is 5.91 Å². The van der Waals surface area contributed by atoms with E-state index in [4.69, 9.17) is 4.74 Å². The number of likely N-dealkylation sites (tertiary alicyclic amines) is 1. The fourth-order valence-electron chi connectivity index (χ4n) is 5.45. The number of carbonyl (C=O) groups excluding carboxylic acids is 1. The molecule has 0 radical (unpaired) electrons. The van der Waals surface area contributed by atoms with Crippen LogP contribution in [0.25, 0.3) is 0 Å². The molecule has 3 aliphatic heterocycles. The molecular formula is C24H28FN3O2. The number of amides is 1. The molecule has 3 heterocycles. The Labute approximate surface area is 176 Å². The predicted molar refractivity (Wildman–Crippen MR) is 116 cm³/mol. The summed E-state index contributed by atoms with van der Waals surface area (Å²) in [6.07, 6.45) is 4.11. The van der Waals surface area contributed by atoms with E-state index in [1.165, 1.54) is 18.2 Å². The first kappa shape index (κ1) is 19.2. The molecule has 0 bridgehead atoms. The van der Waals surface area contributed by atoms with Gasteiger partial charge in [-0.25, -0.2) is 4.39 Å². The van der Waals surface area contributed by atoms with Crippen LogP contribution in [0.5, 0.6) is 5.75 Å². The van der Waals surface area contributed by atoms with E-state index >= 15 is 0 Å². The van der Waals surface area contributed by atoms with Crippen LogP contribution in [-0.2, 0) is 0 Å². The summed E-state index contributed by atoms with van der Waals surface area (Å²) in [6.45, 7) is 4.12. The zero-order chi connectivity index (χ0) is 20.9. The maximum absolute atomic E-state index is 13.9. The minimum Gasteiger partial charge on any atom is -0.497 e. The highest BCUT2D eigenvalue weighted by Crippen LogP contribution is 2.47. The van der Waals surface area contributed by atoms with Crippen molar-refractivity contribution in [3.8, 4) is 5.75 Å². The number of nitrogens with one attached hydrogen (secondary N) is 1. The molecule has 1 spiro atoms. The largest absolute Gasteiger partial charge is 0.497 e. The lowest BCUT2D eigenvalue weighted by Gasteiger charge is -2.53. The predicted octanol–water partition coefficient (Wildman–Crippen LogP) is 4.21. The second kappa shape index (κ2) is 7.18. The van der Waals surface area contributed by atoms with Crippen LogP contribution in [0.2, 0.25) is 0 Å². The van der Waals surface area contributed by atoms with Gasteiger partial charge in [0.2, 0.25) is 0 Å². The summed E-state index contributed by atoms with van der Waals surface area (Å²) in [7, 11) is 1.69. The lowest BCUT2D eigenvalue weighted by Crippen LogP contribution is -2.62. The standard InChI is InChI=1S/C24H28FN3O2/c1-16-5-6-17(14-19(16)25)23(29)27-12-9-24(10-13-27)22-4-3-11-28(22)21-8-7-18(30-2)15-20(21)26-24/h5-8,14-15,22,26H,3-4,9-13H2,1-2H3. The number of hydrogen-bond donors (Lipinski definition) is 1. The van der Waals surface area contributed by atoms with Gasteiger partial charge in [-0.3, -0.25) is 4.79 Å². The third-order valence-corrected chi connectivity index (χ3v) is 7.15. The molecule has 1 unspecified atom stereocenters. The van der Waals surface area contributed by atoms with Gasteiger partial charge in [0, 0.05) is 31.3 Å². The number of piperidine rings is 1. The molecule has 6 heteroatoms. The molecule has 30 heavy (non-hydrogen) atoms. The third-order valence-electron chi connectivity index (χ3n) is 7.15. The monoisotopic (exact) mass is 409 g/mol. The number of carbonyl (C=O) groups is 1. The van der Waals surface area contributed by atoms with Gasteiger partial charge in [-0.2, -0.15) is 0 Å². The van der Waals surface area contributed by atoms with E-state index in [0.717, 1.165) is 37.2 Å². The SMILES string of the molecule is COc1ccc2c(c1)NC1(CCN(C(=O)c3ccc(C)c(F)c3)CC1)C1CCCN21. The van der Waals surface area contributed by atoms with E-state index in [2.05, 4.69) is 22.3 Å². The number of benzene rings is 2. The van der Waals surface area contributed by atoms with Gasteiger partial charge in [-0.05, 0) is 62.4 Å². The lowest BCUT2D eigenvalue weighted by atomic mass is 9.77. The molecule has 1 amide bonds. The van der Waals surface area contributed by atoms with Gasteiger partial charge in [0.05, 0.1) is 30.1 Å². The zero-order valence-corrected chi connectivity index (χ0v) is 17.6.